The first kappa shape index (κ1) is 16.8. The lowest BCUT2D eigenvalue weighted by Gasteiger charge is -2.15. The number of aryl methyl sites for hydroxylation is 1. The zero-order valence-electron chi connectivity index (χ0n) is 10.8. The van der Waals surface area contributed by atoms with Gasteiger partial charge in [0, 0.05) is 17.2 Å². The summed E-state index contributed by atoms with van der Waals surface area (Å²) in [6.07, 6.45) is 0. The highest BCUT2D eigenvalue weighted by molar-refractivity contribution is 6.32. The summed E-state index contributed by atoms with van der Waals surface area (Å²) in [4.78, 5) is 0. The lowest BCUT2D eigenvalue weighted by Crippen LogP contribution is -3.00. The third-order valence-corrected chi connectivity index (χ3v) is 3.58. The van der Waals surface area contributed by atoms with Crippen LogP contribution in [0.1, 0.15) is 22.6 Å². The van der Waals surface area contributed by atoms with Crippen LogP contribution < -0.4 is 18.1 Å². The summed E-state index contributed by atoms with van der Waals surface area (Å²) < 4.78 is 0. The first-order valence-corrected chi connectivity index (χ1v) is 6.55. The molecule has 0 aliphatic heterocycles. The van der Waals surface area contributed by atoms with Gasteiger partial charge in [-0.3, -0.25) is 0 Å². The Morgan fingerprint density at radius 1 is 1.15 bits per heavy atom. The fraction of sp³-hybridized carbons (Fsp3) is 0.133. The standard InChI is InChI=1S/C15H12Cl2N2.ClH/c1-9-6-12(19)7-14(17)15(9)13(8-18)10-2-4-11(16)5-3-10;/h2-7,13H,19H2,1H3;1H. The Balaban J connectivity index is 0.00000200. The highest BCUT2D eigenvalue weighted by Gasteiger charge is 2.19. The van der Waals surface area contributed by atoms with Crippen LogP contribution in [0.25, 0.3) is 0 Å². The highest BCUT2D eigenvalue weighted by Crippen LogP contribution is 2.34. The summed E-state index contributed by atoms with van der Waals surface area (Å²) in [6, 6.07) is 13.3. The lowest BCUT2D eigenvalue weighted by atomic mass is 9.89. The maximum atomic E-state index is 9.46. The molecule has 0 saturated heterocycles. The topological polar surface area (TPSA) is 51.4 Å². The highest BCUT2D eigenvalue weighted by atomic mass is 35.5. The Kier molecular flexibility index (Phi) is 5.86. The number of rotatable bonds is 2. The molecule has 0 bridgehead atoms. The van der Waals surface area contributed by atoms with Crippen LogP contribution in [-0.4, -0.2) is 0 Å². The fourth-order valence-corrected chi connectivity index (χ4v) is 2.68. The Bertz CT molecular complexity index is 622. The van der Waals surface area contributed by atoms with E-state index in [1.54, 1.807) is 18.2 Å². The predicted molar refractivity (Wildman–Crippen MR) is 77.6 cm³/mol. The molecule has 0 amide bonds. The zero-order chi connectivity index (χ0) is 14.0. The molecule has 0 radical (unpaired) electrons. The number of nitrogens with zero attached hydrogens (tertiary/aromatic N) is 1. The number of halogens is 3. The minimum absolute atomic E-state index is 0. The molecule has 2 aromatic rings. The van der Waals surface area contributed by atoms with Gasteiger partial charge in [0.1, 0.15) is 5.69 Å². The van der Waals surface area contributed by atoms with Gasteiger partial charge in [-0.2, -0.15) is 5.26 Å². The molecule has 5 heteroatoms. The van der Waals surface area contributed by atoms with E-state index in [4.69, 9.17) is 23.2 Å². The second-order valence-electron chi connectivity index (χ2n) is 4.42. The molecule has 0 aromatic heterocycles. The number of hydrogen-bond donors (Lipinski definition) is 1. The first-order valence-electron chi connectivity index (χ1n) is 5.80. The van der Waals surface area contributed by atoms with Crippen LogP contribution in [0.4, 0.5) is 5.69 Å². The fourth-order valence-electron chi connectivity index (χ4n) is 2.15. The molecule has 3 N–H and O–H groups in total. The van der Waals surface area contributed by atoms with Gasteiger partial charge in [0.25, 0.3) is 0 Å². The van der Waals surface area contributed by atoms with E-state index in [0.29, 0.717) is 10.0 Å². The Hall–Kier alpha value is -1.24. The van der Waals surface area contributed by atoms with Crippen molar-refractivity contribution in [2.24, 2.45) is 0 Å². The van der Waals surface area contributed by atoms with Crippen molar-refractivity contribution in [1.29, 1.82) is 5.26 Å². The van der Waals surface area contributed by atoms with Crippen molar-refractivity contribution >= 4 is 28.9 Å². The second-order valence-corrected chi connectivity index (χ2v) is 5.27. The molecule has 0 spiro atoms. The third-order valence-electron chi connectivity index (χ3n) is 3.02. The summed E-state index contributed by atoms with van der Waals surface area (Å²) in [6.45, 7) is 1.94. The molecule has 2 rings (SSSR count). The molecule has 0 saturated carbocycles. The van der Waals surface area contributed by atoms with E-state index in [1.165, 1.54) is 0 Å². The quantitative estimate of drug-likeness (QED) is 0.873. The van der Waals surface area contributed by atoms with E-state index in [1.807, 2.05) is 25.1 Å². The van der Waals surface area contributed by atoms with Crippen molar-refractivity contribution in [1.82, 2.24) is 0 Å². The average Bonchev–Trinajstić information content (AvgIpc) is 2.35. The van der Waals surface area contributed by atoms with Crippen LogP contribution in [0, 0.1) is 18.3 Å². The molecule has 0 aliphatic rings. The summed E-state index contributed by atoms with van der Waals surface area (Å²) in [5.41, 5.74) is 7.40. The normalized spacial score (nSPS) is 11.3. The maximum Gasteiger partial charge on any atom is 0.129 e. The molecular weight excluding hydrogens is 315 g/mol. The maximum absolute atomic E-state index is 9.46. The summed E-state index contributed by atoms with van der Waals surface area (Å²) >= 11 is 12.1. The zero-order valence-corrected chi connectivity index (χ0v) is 13.1. The van der Waals surface area contributed by atoms with E-state index >= 15 is 0 Å². The van der Waals surface area contributed by atoms with E-state index in [2.05, 4.69) is 11.8 Å². The van der Waals surface area contributed by atoms with Crippen molar-refractivity contribution in [2.75, 3.05) is 0 Å². The molecular formula is C15H13Cl3N2. The molecule has 1 unspecified atom stereocenters. The van der Waals surface area contributed by atoms with Crippen LogP contribution in [0.15, 0.2) is 36.4 Å². The van der Waals surface area contributed by atoms with Gasteiger partial charge >= 0.3 is 0 Å². The average molecular weight is 328 g/mol. The van der Waals surface area contributed by atoms with E-state index in [9.17, 15) is 5.26 Å². The Morgan fingerprint density at radius 2 is 1.75 bits per heavy atom. The number of hydrogen-bond acceptors (Lipinski definition) is 1. The largest absolute Gasteiger partial charge is 1.00 e. The van der Waals surface area contributed by atoms with Crippen molar-refractivity contribution in [3.05, 3.63) is 63.1 Å². The van der Waals surface area contributed by atoms with Crippen LogP contribution in [-0.2, 0) is 0 Å². The number of quaternary nitrogens is 1. The summed E-state index contributed by atoms with van der Waals surface area (Å²) in [5.74, 6) is -0.398. The first-order chi connectivity index (χ1) is 9.02. The monoisotopic (exact) mass is 326 g/mol. The molecule has 0 fully saturated rings. The SMILES string of the molecule is Cc1cc([NH3+])cc(Cl)c1C(C#N)c1ccc(Cl)cc1.[Cl-]. The number of benzene rings is 2. The van der Waals surface area contributed by atoms with Gasteiger partial charge in [0.2, 0.25) is 0 Å². The van der Waals surface area contributed by atoms with Gasteiger partial charge in [-0.25, -0.2) is 0 Å². The predicted octanol–water partition coefficient (Wildman–Crippen LogP) is 0.835. The van der Waals surface area contributed by atoms with Gasteiger partial charge in [-0.05, 0) is 35.7 Å². The lowest BCUT2D eigenvalue weighted by molar-refractivity contribution is -0.254. The third kappa shape index (κ3) is 3.45. The van der Waals surface area contributed by atoms with Crippen LogP contribution in [0.2, 0.25) is 10.0 Å². The minimum atomic E-state index is -0.398. The van der Waals surface area contributed by atoms with E-state index < -0.39 is 5.92 Å². The second kappa shape index (κ2) is 6.97. The smallest absolute Gasteiger partial charge is 0.129 e. The van der Waals surface area contributed by atoms with Gasteiger partial charge < -0.3 is 18.1 Å². The molecule has 104 valence electrons. The van der Waals surface area contributed by atoms with E-state index in [0.717, 1.165) is 22.4 Å². The van der Waals surface area contributed by atoms with E-state index in [-0.39, 0.29) is 12.4 Å². The molecule has 1 atom stereocenters. The molecule has 20 heavy (non-hydrogen) atoms. The van der Waals surface area contributed by atoms with Crippen LogP contribution in [0.5, 0.6) is 0 Å². The number of nitriles is 1. The van der Waals surface area contributed by atoms with Gasteiger partial charge in [-0.1, -0.05) is 35.3 Å². The van der Waals surface area contributed by atoms with Crippen molar-refractivity contribution in [3.63, 3.8) is 0 Å². The van der Waals surface area contributed by atoms with Crippen LogP contribution >= 0.6 is 23.2 Å². The summed E-state index contributed by atoms with van der Waals surface area (Å²) in [7, 11) is 0. The molecule has 2 aromatic carbocycles. The van der Waals surface area contributed by atoms with Crippen molar-refractivity contribution < 1.29 is 18.1 Å². The van der Waals surface area contributed by atoms with Gasteiger partial charge in [0.15, 0.2) is 0 Å². The Morgan fingerprint density at radius 3 is 2.25 bits per heavy atom. The van der Waals surface area contributed by atoms with Crippen LogP contribution in [0.3, 0.4) is 0 Å². The summed E-state index contributed by atoms with van der Waals surface area (Å²) in [5, 5.41) is 10.7. The Labute approximate surface area is 134 Å². The van der Waals surface area contributed by atoms with Gasteiger partial charge in [-0.15, -0.1) is 0 Å². The van der Waals surface area contributed by atoms with Crippen molar-refractivity contribution in [2.45, 2.75) is 12.8 Å². The van der Waals surface area contributed by atoms with Crippen molar-refractivity contribution in [3.8, 4) is 6.07 Å². The molecule has 0 aliphatic carbocycles. The molecule has 2 nitrogen and oxygen atoms in total. The minimum Gasteiger partial charge on any atom is -1.00 e. The van der Waals surface area contributed by atoms with Gasteiger partial charge in [0.05, 0.1) is 17.0 Å². The molecule has 0 heterocycles.